The quantitative estimate of drug-likeness (QED) is 0.693. The lowest BCUT2D eigenvalue weighted by atomic mass is 10.0. The minimum atomic E-state index is -0.237. The molecule has 3 rings (SSSR count). The van der Waals surface area contributed by atoms with Crippen molar-refractivity contribution in [1.29, 1.82) is 0 Å². The molecule has 0 aromatic heterocycles. The molecular formula is C13H16N2O3. The van der Waals surface area contributed by atoms with Crippen LogP contribution in [-0.4, -0.2) is 35.9 Å². The van der Waals surface area contributed by atoms with Crippen molar-refractivity contribution in [3.63, 3.8) is 0 Å². The van der Waals surface area contributed by atoms with Crippen LogP contribution in [0.3, 0.4) is 0 Å². The van der Waals surface area contributed by atoms with Gasteiger partial charge in [0.25, 0.3) is 0 Å². The Hall–Kier alpha value is -1.78. The second-order valence-corrected chi connectivity index (χ2v) is 4.74. The third-order valence-electron chi connectivity index (χ3n) is 3.57. The second-order valence-electron chi connectivity index (χ2n) is 4.74. The van der Waals surface area contributed by atoms with Gasteiger partial charge in [0.05, 0.1) is 12.2 Å². The fourth-order valence-corrected chi connectivity index (χ4v) is 2.71. The number of allylic oxidation sites excluding steroid dienone is 2. The number of nitrogens with one attached hydrogen (secondary N) is 1. The smallest absolute Gasteiger partial charge is 0.249 e. The maximum atomic E-state index is 11.9. The molecule has 5 heteroatoms. The third kappa shape index (κ3) is 1.89. The van der Waals surface area contributed by atoms with Crippen molar-refractivity contribution in [1.82, 2.24) is 10.2 Å². The first-order valence-corrected chi connectivity index (χ1v) is 6.39. The molecule has 2 fully saturated rings. The first-order chi connectivity index (χ1) is 8.75. The molecule has 2 saturated heterocycles. The zero-order valence-corrected chi connectivity index (χ0v) is 10.1. The monoisotopic (exact) mass is 248 g/mol. The highest BCUT2D eigenvalue weighted by Gasteiger charge is 2.35. The fourth-order valence-electron chi connectivity index (χ4n) is 2.71. The number of carbonyl (C=O) groups excluding carboxylic acids is 2. The van der Waals surface area contributed by atoms with E-state index in [1.165, 1.54) is 0 Å². The van der Waals surface area contributed by atoms with E-state index in [2.05, 4.69) is 22.4 Å². The average Bonchev–Trinajstić information content (AvgIpc) is 2.38. The van der Waals surface area contributed by atoms with Crippen molar-refractivity contribution in [3.8, 4) is 0 Å². The molecule has 1 aliphatic carbocycles. The molecule has 3 aliphatic rings. The van der Waals surface area contributed by atoms with E-state index in [0.29, 0.717) is 26.0 Å². The Bertz CT molecular complexity index is 453. The molecule has 18 heavy (non-hydrogen) atoms. The summed E-state index contributed by atoms with van der Waals surface area (Å²) in [6.07, 6.45) is 7.18. The van der Waals surface area contributed by atoms with Gasteiger partial charge in [-0.25, -0.2) is 0 Å². The predicted octanol–water partition coefficient (Wildman–Crippen LogP) is 0.685. The van der Waals surface area contributed by atoms with Gasteiger partial charge in [-0.05, 0) is 25.3 Å². The summed E-state index contributed by atoms with van der Waals surface area (Å²) >= 11 is 0. The fraction of sp³-hybridized carbons (Fsp3) is 0.538. The Labute approximate surface area is 105 Å². The van der Waals surface area contributed by atoms with Crippen LogP contribution in [0.25, 0.3) is 0 Å². The first-order valence-electron chi connectivity index (χ1n) is 6.39. The van der Waals surface area contributed by atoms with Crippen LogP contribution in [0.2, 0.25) is 0 Å². The second kappa shape index (κ2) is 4.48. The molecule has 1 atom stereocenters. The van der Waals surface area contributed by atoms with E-state index in [1.807, 2.05) is 0 Å². The van der Waals surface area contributed by atoms with E-state index in [1.54, 1.807) is 0 Å². The molecule has 5 nitrogen and oxygen atoms in total. The molecule has 2 aliphatic heterocycles. The number of hydrogen-bond acceptors (Lipinski definition) is 4. The van der Waals surface area contributed by atoms with E-state index < -0.39 is 0 Å². The highest BCUT2D eigenvalue weighted by Crippen LogP contribution is 2.30. The van der Waals surface area contributed by atoms with Gasteiger partial charge in [0.2, 0.25) is 11.8 Å². The van der Waals surface area contributed by atoms with Crippen molar-refractivity contribution in [2.45, 2.75) is 31.7 Å². The van der Waals surface area contributed by atoms with Crippen molar-refractivity contribution in [2.75, 3.05) is 13.2 Å². The molecule has 0 aromatic carbocycles. The summed E-state index contributed by atoms with van der Waals surface area (Å²) in [5.41, 5.74) is 1.02. The first kappa shape index (κ1) is 11.3. The van der Waals surface area contributed by atoms with Gasteiger partial charge < -0.3 is 9.64 Å². The van der Waals surface area contributed by atoms with Crippen LogP contribution >= 0.6 is 0 Å². The standard InChI is InChI=1S/C13H16N2O3/c16-12-6-5-10(13(17)14-12)15-7-8-18-11-4-2-1-3-9(11)15/h3-4,10H,1-2,5-8H2,(H,14,16,17). The number of fused-ring (bicyclic) bond motifs is 1. The summed E-state index contributed by atoms with van der Waals surface area (Å²) in [6, 6.07) is -0.237. The van der Waals surface area contributed by atoms with E-state index in [4.69, 9.17) is 4.74 Å². The molecule has 0 bridgehead atoms. The number of rotatable bonds is 1. The van der Waals surface area contributed by atoms with Gasteiger partial charge in [0, 0.05) is 6.42 Å². The number of morpholine rings is 1. The van der Waals surface area contributed by atoms with Gasteiger partial charge in [-0.2, -0.15) is 0 Å². The van der Waals surface area contributed by atoms with Gasteiger partial charge in [-0.15, -0.1) is 0 Å². The Morgan fingerprint density at radius 1 is 1.28 bits per heavy atom. The maximum Gasteiger partial charge on any atom is 0.249 e. The lowest BCUT2D eigenvalue weighted by Crippen LogP contribution is -2.54. The summed E-state index contributed by atoms with van der Waals surface area (Å²) < 4.78 is 5.61. The van der Waals surface area contributed by atoms with E-state index in [-0.39, 0.29) is 17.9 Å². The Balaban J connectivity index is 1.83. The zero-order chi connectivity index (χ0) is 12.5. The number of carbonyl (C=O) groups is 2. The normalized spacial score (nSPS) is 27.8. The van der Waals surface area contributed by atoms with Gasteiger partial charge in [0.15, 0.2) is 0 Å². The topological polar surface area (TPSA) is 58.6 Å². The van der Waals surface area contributed by atoms with E-state index in [0.717, 1.165) is 24.3 Å². The number of hydrogen-bond donors (Lipinski definition) is 1. The average molecular weight is 248 g/mol. The highest BCUT2D eigenvalue weighted by molar-refractivity contribution is 6.00. The Morgan fingerprint density at radius 3 is 2.94 bits per heavy atom. The maximum absolute atomic E-state index is 11.9. The van der Waals surface area contributed by atoms with E-state index in [9.17, 15) is 9.59 Å². The van der Waals surface area contributed by atoms with Crippen molar-refractivity contribution in [2.24, 2.45) is 0 Å². The molecule has 96 valence electrons. The summed E-state index contributed by atoms with van der Waals surface area (Å²) in [6.45, 7) is 1.30. The van der Waals surface area contributed by atoms with Crippen LogP contribution < -0.4 is 5.32 Å². The van der Waals surface area contributed by atoms with Crippen LogP contribution in [-0.2, 0) is 14.3 Å². The number of imide groups is 1. The molecule has 0 radical (unpaired) electrons. The van der Waals surface area contributed by atoms with E-state index >= 15 is 0 Å². The number of nitrogens with zero attached hydrogens (tertiary/aromatic N) is 1. The molecule has 0 aromatic rings. The lowest BCUT2D eigenvalue weighted by molar-refractivity contribution is -0.137. The molecule has 2 amide bonds. The van der Waals surface area contributed by atoms with Gasteiger partial charge >= 0.3 is 0 Å². The Morgan fingerprint density at radius 2 is 2.11 bits per heavy atom. The third-order valence-corrected chi connectivity index (χ3v) is 3.57. The SMILES string of the molecule is O=C1CCC(N2CCOC3=CCCC=C32)C(=O)N1. The molecule has 1 N–H and O–H groups in total. The van der Waals surface area contributed by atoms with Crippen LogP contribution in [0.1, 0.15) is 25.7 Å². The largest absolute Gasteiger partial charge is 0.490 e. The number of ether oxygens (including phenoxy) is 1. The summed E-state index contributed by atoms with van der Waals surface area (Å²) in [4.78, 5) is 25.2. The number of piperidine rings is 1. The van der Waals surface area contributed by atoms with Crippen LogP contribution in [0, 0.1) is 0 Å². The van der Waals surface area contributed by atoms with Gasteiger partial charge in [-0.1, -0.05) is 6.08 Å². The minimum absolute atomic E-state index is 0.169. The molecule has 0 spiro atoms. The van der Waals surface area contributed by atoms with Crippen LogP contribution in [0.5, 0.6) is 0 Å². The van der Waals surface area contributed by atoms with Crippen LogP contribution in [0.15, 0.2) is 23.6 Å². The summed E-state index contributed by atoms with van der Waals surface area (Å²) in [5.74, 6) is 0.536. The summed E-state index contributed by atoms with van der Waals surface area (Å²) in [5, 5.41) is 2.42. The molecule has 0 saturated carbocycles. The van der Waals surface area contributed by atoms with Crippen LogP contribution in [0.4, 0.5) is 0 Å². The van der Waals surface area contributed by atoms with Crippen molar-refractivity contribution >= 4 is 11.8 Å². The Kier molecular flexibility index (Phi) is 2.81. The minimum Gasteiger partial charge on any atom is -0.490 e. The number of amides is 2. The molecule has 2 heterocycles. The lowest BCUT2D eigenvalue weighted by Gasteiger charge is -2.40. The van der Waals surface area contributed by atoms with Crippen molar-refractivity contribution in [3.05, 3.63) is 23.6 Å². The van der Waals surface area contributed by atoms with Gasteiger partial charge in [0.1, 0.15) is 18.4 Å². The highest BCUT2D eigenvalue weighted by atomic mass is 16.5. The zero-order valence-electron chi connectivity index (χ0n) is 10.1. The van der Waals surface area contributed by atoms with Crippen molar-refractivity contribution < 1.29 is 14.3 Å². The molecule has 1 unspecified atom stereocenters. The van der Waals surface area contributed by atoms with Gasteiger partial charge in [-0.3, -0.25) is 14.9 Å². The predicted molar refractivity (Wildman–Crippen MR) is 64.2 cm³/mol. The summed E-state index contributed by atoms with van der Waals surface area (Å²) in [7, 11) is 0. The molecular weight excluding hydrogens is 232 g/mol.